The maximum absolute atomic E-state index is 3.95. The van der Waals surface area contributed by atoms with E-state index in [-0.39, 0.29) is 0 Å². The molecule has 0 amide bonds. The molecule has 0 bridgehead atoms. The molecule has 0 unspecified atom stereocenters. The monoisotopic (exact) mass is 678 g/mol. The molecule has 0 spiro atoms. The van der Waals surface area contributed by atoms with Crippen LogP contribution in [0.1, 0.15) is 0 Å². The van der Waals surface area contributed by atoms with E-state index >= 15 is 0 Å². The third kappa shape index (κ3) is 3.74. The van der Waals surface area contributed by atoms with Gasteiger partial charge in [0.15, 0.2) is 0 Å². The Labute approximate surface area is 304 Å². The minimum absolute atomic E-state index is 1.16. The number of hydrogen-bond acceptors (Lipinski definition) is 0. The molecule has 0 aliphatic heterocycles. The second kappa shape index (κ2) is 10.2. The van der Waals surface area contributed by atoms with Crippen LogP contribution in [0.25, 0.3) is 120 Å². The second-order valence-electron chi connectivity index (χ2n) is 14.8. The Hall–Kier alpha value is -6.78. The summed E-state index contributed by atoms with van der Waals surface area (Å²) < 4.78 is 7.00. The zero-order chi connectivity index (χ0) is 35.1. The van der Waals surface area contributed by atoms with Crippen LogP contribution in [0.2, 0.25) is 0 Å². The summed E-state index contributed by atoms with van der Waals surface area (Å²) in [5, 5.41) is 12.9. The van der Waals surface area contributed by atoms with E-state index in [1.54, 1.807) is 0 Å². The zero-order valence-corrected chi connectivity index (χ0v) is 29.7. The van der Waals surface area contributed by atoms with Crippen LogP contribution in [0, 0.1) is 0 Å². The molecule has 12 aromatic rings. The van der Waals surface area contributed by atoms with Crippen LogP contribution in [0.3, 0.4) is 0 Å². The number of nitrogens with zero attached hydrogens (tertiary/aromatic N) is 3. The summed E-state index contributed by atoms with van der Waals surface area (Å²) >= 11 is 0. The fraction of sp³-hybridized carbons (Fsp3) is 0.0612. The maximum atomic E-state index is 3.95. The van der Waals surface area contributed by atoms with Crippen molar-refractivity contribution < 1.29 is 0 Å². The first kappa shape index (κ1) is 28.9. The van der Waals surface area contributed by atoms with Crippen LogP contribution in [0.15, 0.2) is 146 Å². The van der Waals surface area contributed by atoms with Gasteiger partial charge in [-0.15, -0.1) is 0 Å². The van der Waals surface area contributed by atoms with Gasteiger partial charge in [0.25, 0.3) is 0 Å². The standard InChI is InChI=1S/C49H34N4/c1-51-41-14-8-6-10-32(41)38-24-28(18-22-43(38)51)30-16-20-36-40(26-30)50-48-46(36)34-12-4-5-13-35(34)47-37-21-17-31(27-45(37)53(3)49(47)48)29-19-23-44-39(25-29)33-11-7-9-15-42(33)52(44)2/h4-27,50H,1-3H3. The number of H-pyrrole nitrogens is 1. The lowest BCUT2D eigenvalue weighted by Gasteiger charge is -2.06. The molecule has 1 N–H and O–H groups in total. The molecular weight excluding hydrogens is 645 g/mol. The van der Waals surface area contributed by atoms with Crippen LogP contribution >= 0.6 is 0 Å². The van der Waals surface area contributed by atoms with Gasteiger partial charge >= 0.3 is 0 Å². The van der Waals surface area contributed by atoms with Gasteiger partial charge in [0, 0.05) is 97.3 Å². The van der Waals surface area contributed by atoms with Gasteiger partial charge in [-0.25, -0.2) is 0 Å². The number of fused-ring (bicyclic) bond motifs is 16. The first-order chi connectivity index (χ1) is 26.0. The summed E-state index contributed by atoms with van der Waals surface area (Å²) in [6, 6.07) is 54.1. The highest BCUT2D eigenvalue weighted by molar-refractivity contribution is 6.35. The Kier molecular flexibility index (Phi) is 5.54. The predicted octanol–water partition coefficient (Wildman–Crippen LogP) is 12.7. The number of aromatic amines is 1. The molecular formula is C49H34N4. The zero-order valence-electron chi connectivity index (χ0n) is 29.7. The van der Waals surface area contributed by atoms with Gasteiger partial charge in [-0.3, -0.25) is 0 Å². The van der Waals surface area contributed by atoms with Crippen LogP contribution < -0.4 is 0 Å². The lowest BCUT2D eigenvalue weighted by atomic mass is 9.96. The number of para-hydroxylation sites is 2. The average Bonchev–Trinajstić information content (AvgIpc) is 3.91. The number of aryl methyl sites for hydroxylation is 3. The lowest BCUT2D eigenvalue weighted by molar-refractivity contribution is 1.01. The Morgan fingerprint density at radius 3 is 1.43 bits per heavy atom. The van der Waals surface area contributed by atoms with Crippen LogP contribution in [-0.4, -0.2) is 18.7 Å². The van der Waals surface area contributed by atoms with E-state index in [4.69, 9.17) is 0 Å². The van der Waals surface area contributed by atoms with Gasteiger partial charge in [0.1, 0.15) is 0 Å². The van der Waals surface area contributed by atoms with Crippen LogP contribution in [0.5, 0.6) is 0 Å². The Balaban J connectivity index is 1.08. The molecule has 0 saturated heterocycles. The Morgan fingerprint density at radius 1 is 0.340 bits per heavy atom. The largest absolute Gasteiger partial charge is 0.353 e. The molecule has 12 rings (SSSR count). The summed E-state index contributed by atoms with van der Waals surface area (Å²) in [5.74, 6) is 0. The Bertz CT molecular complexity index is 3550. The van der Waals surface area contributed by atoms with Gasteiger partial charge in [-0.2, -0.15) is 0 Å². The number of benzene rings is 8. The van der Waals surface area contributed by atoms with Crippen molar-refractivity contribution in [2.75, 3.05) is 0 Å². The molecule has 4 aromatic heterocycles. The lowest BCUT2D eigenvalue weighted by Crippen LogP contribution is -1.89. The summed E-state index contributed by atoms with van der Waals surface area (Å²) in [7, 11) is 6.55. The van der Waals surface area contributed by atoms with E-state index in [0.717, 1.165) is 5.52 Å². The first-order valence-corrected chi connectivity index (χ1v) is 18.4. The van der Waals surface area contributed by atoms with Crippen molar-refractivity contribution in [2.24, 2.45) is 21.1 Å². The molecule has 0 atom stereocenters. The van der Waals surface area contributed by atoms with Crippen LogP contribution in [-0.2, 0) is 21.1 Å². The summed E-state index contributed by atoms with van der Waals surface area (Å²) in [5.41, 5.74) is 14.7. The fourth-order valence-electron chi connectivity index (χ4n) is 9.63. The van der Waals surface area contributed by atoms with E-state index in [0.29, 0.717) is 0 Å². The second-order valence-corrected chi connectivity index (χ2v) is 14.8. The van der Waals surface area contributed by atoms with Crippen molar-refractivity contribution in [3.63, 3.8) is 0 Å². The van der Waals surface area contributed by atoms with E-state index in [2.05, 4.69) is 185 Å². The first-order valence-electron chi connectivity index (χ1n) is 18.4. The van der Waals surface area contributed by atoms with Gasteiger partial charge in [0.2, 0.25) is 0 Å². The molecule has 0 saturated carbocycles. The van der Waals surface area contributed by atoms with Crippen molar-refractivity contribution in [3.05, 3.63) is 146 Å². The van der Waals surface area contributed by atoms with E-state index in [1.165, 1.54) is 115 Å². The van der Waals surface area contributed by atoms with E-state index in [1.807, 2.05) is 0 Å². The normalized spacial score (nSPS) is 12.4. The molecule has 250 valence electrons. The summed E-state index contributed by atoms with van der Waals surface area (Å²) in [6.07, 6.45) is 0. The van der Waals surface area contributed by atoms with Gasteiger partial charge in [0.05, 0.1) is 11.0 Å². The molecule has 0 aliphatic carbocycles. The van der Waals surface area contributed by atoms with Gasteiger partial charge in [-0.05, 0) is 81.6 Å². The molecule has 0 fully saturated rings. The average molecular weight is 679 g/mol. The SMILES string of the molecule is Cn1c2ccccc2c2cc(-c3ccc4c(c3)[nH]c3c4c4ccccc4c4c5ccc(-c6ccc7c(c6)c6ccccc6n7C)cc5n(C)c34)ccc21. The number of nitrogens with one attached hydrogen (secondary N) is 1. The highest BCUT2D eigenvalue weighted by atomic mass is 15.0. The van der Waals surface area contributed by atoms with Crippen LogP contribution in [0.4, 0.5) is 0 Å². The quantitative estimate of drug-likeness (QED) is 0.189. The molecule has 53 heavy (non-hydrogen) atoms. The van der Waals surface area contributed by atoms with Crippen molar-refractivity contribution >= 4 is 98.0 Å². The molecule has 0 radical (unpaired) electrons. The third-order valence-corrected chi connectivity index (χ3v) is 12.2. The summed E-state index contributed by atoms with van der Waals surface area (Å²) in [4.78, 5) is 3.95. The van der Waals surface area contributed by atoms with Gasteiger partial charge < -0.3 is 18.7 Å². The molecule has 0 aliphatic rings. The topological polar surface area (TPSA) is 30.6 Å². The molecule has 4 heteroatoms. The van der Waals surface area contributed by atoms with Crippen molar-refractivity contribution in [3.8, 4) is 22.3 Å². The molecule has 4 nitrogen and oxygen atoms in total. The maximum Gasteiger partial charge on any atom is 0.0740 e. The van der Waals surface area contributed by atoms with Crippen molar-refractivity contribution in [2.45, 2.75) is 0 Å². The molecule has 4 heterocycles. The number of aromatic nitrogens is 4. The van der Waals surface area contributed by atoms with E-state index < -0.39 is 0 Å². The smallest absolute Gasteiger partial charge is 0.0740 e. The minimum Gasteiger partial charge on any atom is -0.353 e. The highest BCUT2D eigenvalue weighted by Gasteiger charge is 2.21. The Morgan fingerprint density at radius 2 is 0.811 bits per heavy atom. The number of rotatable bonds is 2. The van der Waals surface area contributed by atoms with Crippen molar-refractivity contribution in [1.29, 1.82) is 0 Å². The summed E-state index contributed by atoms with van der Waals surface area (Å²) in [6.45, 7) is 0. The minimum atomic E-state index is 1.16. The van der Waals surface area contributed by atoms with Crippen molar-refractivity contribution in [1.82, 2.24) is 18.7 Å². The third-order valence-electron chi connectivity index (χ3n) is 12.2. The van der Waals surface area contributed by atoms with Gasteiger partial charge in [-0.1, -0.05) is 97.1 Å². The van der Waals surface area contributed by atoms with E-state index in [9.17, 15) is 0 Å². The number of hydrogen-bond donors (Lipinski definition) is 1. The molecule has 8 aromatic carbocycles. The fourth-order valence-corrected chi connectivity index (χ4v) is 9.63. The highest BCUT2D eigenvalue weighted by Crippen LogP contribution is 2.44. The predicted molar refractivity (Wildman–Crippen MR) is 226 cm³/mol.